The second-order valence-corrected chi connectivity index (χ2v) is 4.94. The Labute approximate surface area is 125 Å². The fraction of sp³-hybridized carbons (Fsp3) is 0.462. The number of allylic oxidation sites excluding steroid dienone is 1. The molecule has 9 nitrogen and oxygen atoms in total. The van der Waals surface area contributed by atoms with E-state index >= 15 is 0 Å². The summed E-state index contributed by atoms with van der Waals surface area (Å²) in [6.07, 6.45) is -1.08. The van der Waals surface area contributed by atoms with Crippen LogP contribution in [0.5, 0.6) is 0 Å². The van der Waals surface area contributed by atoms with Crippen molar-refractivity contribution in [3.05, 3.63) is 28.3 Å². The van der Waals surface area contributed by atoms with Crippen molar-refractivity contribution < 1.29 is 24.9 Å². The third-order valence-corrected chi connectivity index (χ3v) is 3.30. The van der Waals surface area contributed by atoms with Crippen LogP contribution in [0.1, 0.15) is 18.7 Å². The van der Waals surface area contributed by atoms with E-state index in [9.17, 15) is 19.8 Å². The number of aromatic nitrogens is 2. The lowest BCUT2D eigenvalue weighted by Crippen LogP contribution is -2.36. The second-order valence-electron chi connectivity index (χ2n) is 4.94. The number of hydrogen-bond donors (Lipinski definition) is 4. The van der Waals surface area contributed by atoms with Crippen LogP contribution < -0.4 is 11.4 Å². The molecule has 5 N–H and O–H groups in total. The van der Waals surface area contributed by atoms with Gasteiger partial charge in [-0.3, -0.25) is 9.36 Å². The first-order chi connectivity index (χ1) is 10.3. The summed E-state index contributed by atoms with van der Waals surface area (Å²) >= 11 is 0. The monoisotopic (exact) mass is 311 g/mol. The maximum absolute atomic E-state index is 11.9. The number of nitrogen functional groups attached to an aromatic ring is 1. The highest BCUT2D eigenvalue weighted by Gasteiger charge is 2.43. The van der Waals surface area contributed by atoms with E-state index in [1.807, 2.05) is 0 Å². The molecular formula is C13H17N3O6. The van der Waals surface area contributed by atoms with Crippen molar-refractivity contribution in [1.29, 1.82) is 0 Å². The largest absolute Gasteiger partial charge is 0.394 e. The number of nitrogens with two attached hydrogens (primary N) is 1. The highest BCUT2D eigenvalue weighted by Crippen LogP contribution is 2.28. The van der Waals surface area contributed by atoms with Crippen molar-refractivity contribution >= 4 is 17.7 Å². The Balaban J connectivity index is 2.41. The summed E-state index contributed by atoms with van der Waals surface area (Å²) in [5.41, 5.74) is 5.11. The Kier molecular flexibility index (Phi) is 4.71. The number of aliphatic hydroxyl groups is 3. The number of nitrogens with zero attached hydrogens (tertiary/aromatic N) is 2. The lowest BCUT2D eigenvalue weighted by molar-refractivity contribution is -0.112. The molecule has 1 unspecified atom stereocenters. The molecule has 4 atom stereocenters. The predicted octanol–water partition coefficient (Wildman–Crippen LogP) is -1.96. The van der Waals surface area contributed by atoms with Crippen LogP contribution in [0.4, 0.5) is 5.82 Å². The molecule has 22 heavy (non-hydrogen) atoms. The standard InChI is InChI=1S/C13H17N3O6/c1-6(18)2-3-7-4-16(13(21)15-11(7)14)12-10(20)9(19)8(5-17)22-12/h2-4,8-10,12,17,19-20H,5H2,1H3,(H2,14,15,21)/b3-2+/t8-,9?,10+,12-/m1/s1. The number of carbonyl (C=O) groups excluding carboxylic acids is 1. The third-order valence-electron chi connectivity index (χ3n) is 3.30. The average Bonchev–Trinajstić information content (AvgIpc) is 2.74. The van der Waals surface area contributed by atoms with Crippen LogP contribution in [0.15, 0.2) is 17.1 Å². The summed E-state index contributed by atoms with van der Waals surface area (Å²) in [6.45, 7) is 0.838. The minimum atomic E-state index is -1.41. The fourth-order valence-electron chi connectivity index (χ4n) is 2.12. The number of carbonyl (C=O) groups is 1. The molecule has 1 aromatic heterocycles. The van der Waals surface area contributed by atoms with E-state index in [0.29, 0.717) is 0 Å². The molecule has 1 fully saturated rings. The van der Waals surface area contributed by atoms with E-state index < -0.39 is 36.8 Å². The zero-order valence-corrected chi connectivity index (χ0v) is 11.8. The Morgan fingerprint density at radius 2 is 2.18 bits per heavy atom. The smallest absolute Gasteiger partial charge is 0.351 e. The van der Waals surface area contributed by atoms with Crippen molar-refractivity contribution in [3.8, 4) is 0 Å². The number of aliphatic hydroxyl groups excluding tert-OH is 3. The summed E-state index contributed by atoms with van der Waals surface area (Å²) < 4.78 is 6.22. The minimum Gasteiger partial charge on any atom is -0.394 e. The molecule has 0 amide bonds. The summed E-state index contributed by atoms with van der Waals surface area (Å²) in [6, 6.07) is 0. The molecule has 0 bridgehead atoms. The van der Waals surface area contributed by atoms with Crippen LogP contribution in [0.25, 0.3) is 6.08 Å². The zero-order chi connectivity index (χ0) is 16.4. The molecule has 2 heterocycles. The highest BCUT2D eigenvalue weighted by atomic mass is 16.6. The van der Waals surface area contributed by atoms with E-state index in [4.69, 9.17) is 15.6 Å². The molecule has 120 valence electrons. The Bertz CT molecular complexity index is 656. The second kappa shape index (κ2) is 6.36. The van der Waals surface area contributed by atoms with Gasteiger partial charge in [0, 0.05) is 11.8 Å². The Morgan fingerprint density at radius 1 is 1.50 bits per heavy atom. The Morgan fingerprint density at radius 3 is 2.73 bits per heavy atom. The minimum absolute atomic E-state index is 0.0782. The van der Waals surface area contributed by atoms with Gasteiger partial charge in [0.2, 0.25) is 0 Å². The first-order valence-electron chi connectivity index (χ1n) is 6.55. The summed E-state index contributed by atoms with van der Waals surface area (Å²) in [5, 5.41) is 28.7. The van der Waals surface area contributed by atoms with Gasteiger partial charge in [0.05, 0.1) is 6.61 Å². The van der Waals surface area contributed by atoms with Gasteiger partial charge in [-0.2, -0.15) is 4.98 Å². The number of anilines is 1. The molecule has 0 saturated carbocycles. The van der Waals surface area contributed by atoms with E-state index in [2.05, 4.69) is 4.98 Å². The Hall–Kier alpha value is -2.07. The van der Waals surface area contributed by atoms with E-state index in [-0.39, 0.29) is 17.2 Å². The van der Waals surface area contributed by atoms with E-state index in [1.165, 1.54) is 25.3 Å². The first-order valence-corrected chi connectivity index (χ1v) is 6.55. The molecule has 0 aromatic carbocycles. The van der Waals surface area contributed by atoms with Crippen LogP contribution in [-0.2, 0) is 9.53 Å². The first kappa shape index (κ1) is 16.3. The van der Waals surface area contributed by atoms with Gasteiger partial charge in [0.1, 0.15) is 24.1 Å². The summed E-state index contributed by atoms with van der Waals surface area (Å²) in [5.74, 6) is -0.296. The van der Waals surface area contributed by atoms with Crippen LogP contribution in [0.2, 0.25) is 0 Å². The SMILES string of the molecule is CC(=O)/C=C/c1cn([C@@H]2O[C@H](CO)C(O)[C@@H]2O)c(=O)nc1N. The number of ether oxygens (including phenoxy) is 1. The molecular weight excluding hydrogens is 294 g/mol. The number of rotatable bonds is 4. The van der Waals surface area contributed by atoms with E-state index in [1.54, 1.807) is 0 Å². The molecule has 1 aliphatic rings. The van der Waals surface area contributed by atoms with Crippen molar-refractivity contribution in [2.75, 3.05) is 12.3 Å². The van der Waals surface area contributed by atoms with Crippen LogP contribution in [-0.4, -0.2) is 55.6 Å². The van der Waals surface area contributed by atoms with Crippen LogP contribution in [0.3, 0.4) is 0 Å². The predicted molar refractivity (Wildman–Crippen MR) is 75.6 cm³/mol. The molecule has 1 saturated heterocycles. The normalized spacial score (nSPS) is 28.4. The van der Waals surface area contributed by atoms with Gasteiger partial charge < -0.3 is 25.8 Å². The molecule has 1 aliphatic heterocycles. The van der Waals surface area contributed by atoms with Gasteiger partial charge in [0.15, 0.2) is 12.0 Å². The summed E-state index contributed by atoms with van der Waals surface area (Å²) in [7, 11) is 0. The van der Waals surface area contributed by atoms with E-state index in [0.717, 1.165) is 4.57 Å². The van der Waals surface area contributed by atoms with Gasteiger partial charge in [-0.25, -0.2) is 4.79 Å². The maximum atomic E-state index is 11.9. The fourth-order valence-corrected chi connectivity index (χ4v) is 2.12. The topological polar surface area (TPSA) is 148 Å². The highest BCUT2D eigenvalue weighted by molar-refractivity contribution is 5.92. The third kappa shape index (κ3) is 3.07. The van der Waals surface area contributed by atoms with Gasteiger partial charge in [-0.05, 0) is 19.1 Å². The lowest BCUT2D eigenvalue weighted by atomic mass is 10.1. The number of hydrogen-bond acceptors (Lipinski definition) is 8. The van der Waals surface area contributed by atoms with Gasteiger partial charge in [-0.1, -0.05) is 0 Å². The van der Waals surface area contributed by atoms with Gasteiger partial charge in [-0.15, -0.1) is 0 Å². The lowest BCUT2D eigenvalue weighted by Gasteiger charge is -2.18. The van der Waals surface area contributed by atoms with Crippen molar-refractivity contribution in [2.24, 2.45) is 0 Å². The van der Waals surface area contributed by atoms with Crippen molar-refractivity contribution in [1.82, 2.24) is 9.55 Å². The van der Waals surface area contributed by atoms with Crippen LogP contribution >= 0.6 is 0 Å². The van der Waals surface area contributed by atoms with Gasteiger partial charge in [0.25, 0.3) is 0 Å². The summed E-state index contributed by atoms with van der Waals surface area (Å²) in [4.78, 5) is 26.5. The van der Waals surface area contributed by atoms with Gasteiger partial charge >= 0.3 is 5.69 Å². The molecule has 0 spiro atoms. The van der Waals surface area contributed by atoms with Crippen molar-refractivity contribution in [3.63, 3.8) is 0 Å². The molecule has 0 radical (unpaired) electrons. The molecule has 0 aliphatic carbocycles. The average molecular weight is 311 g/mol. The quantitative estimate of drug-likeness (QED) is 0.468. The maximum Gasteiger partial charge on any atom is 0.351 e. The molecule has 1 aromatic rings. The zero-order valence-electron chi connectivity index (χ0n) is 11.8. The van der Waals surface area contributed by atoms with Crippen LogP contribution in [0, 0.1) is 0 Å². The molecule has 2 rings (SSSR count). The molecule has 9 heteroatoms. The van der Waals surface area contributed by atoms with Crippen molar-refractivity contribution in [2.45, 2.75) is 31.5 Å². The number of ketones is 1.